The maximum atomic E-state index is 13.6. The molecule has 0 radical (unpaired) electrons. The number of nitrogens with zero attached hydrogens (tertiary/aromatic N) is 1. The predicted octanol–water partition coefficient (Wildman–Crippen LogP) is 5.46. The summed E-state index contributed by atoms with van der Waals surface area (Å²) in [6, 6.07) is 5.92. The number of Topliss-reactive ketones (excluding diaryl/α,β-unsaturated/α-hetero) is 1. The largest absolute Gasteiger partial charge is 0.457 e. The number of aliphatic hydroxyl groups is 2. The van der Waals surface area contributed by atoms with Gasteiger partial charge in [0.05, 0.1) is 51.0 Å². The highest BCUT2D eigenvalue weighted by molar-refractivity contribution is 7.18. The smallest absolute Gasteiger partial charge is 0.309 e. The maximum Gasteiger partial charge on any atom is 0.309 e. The molecular weight excluding hydrogens is 502 g/mol. The van der Waals surface area contributed by atoms with Crippen LogP contribution in [0, 0.1) is 24.2 Å². The molecule has 2 aromatic rings. The summed E-state index contributed by atoms with van der Waals surface area (Å²) in [5.41, 5.74) is 0.115. The Morgan fingerprint density at radius 1 is 1.24 bits per heavy atom. The number of rotatable bonds is 3. The Bertz CT molecular complexity index is 1190. The minimum atomic E-state index is -1.27. The van der Waals surface area contributed by atoms with Crippen LogP contribution >= 0.6 is 11.3 Å². The third-order valence-corrected chi connectivity index (χ3v) is 9.49. The lowest BCUT2D eigenvalue weighted by atomic mass is 9.71. The Morgan fingerprint density at radius 3 is 2.68 bits per heavy atom. The van der Waals surface area contributed by atoms with Gasteiger partial charge in [0.15, 0.2) is 0 Å². The van der Waals surface area contributed by atoms with Gasteiger partial charge in [0.1, 0.15) is 11.9 Å². The highest BCUT2D eigenvalue weighted by Gasteiger charge is 2.53. The Labute approximate surface area is 229 Å². The SMILES string of the molecule is C=CC[C@H]1C(=O)C(C)(C)[C@@H](O)CC(=O)O[C@H](c2ccc3sc(C)nc3c2)C[C@@H]2O[C@@]2(C)CCC[C@H](C)[C@@H]1O. The van der Waals surface area contributed by atoms with E-state index in [-0.39, 0.29) is 29.8 Å². The lowest BCUT2D eigenvalue weighted by Gasteiger charge is -2.35. The number of carbonyl (C=O) groups excluding carboxylic acids is 2. The van der Waals surface area contributed by atoms with Crippen molar-refractivity contribution in [3.05, 3.63) is 41.4 Å². The lowest BCUT2D eigenvalue weighted by molar-refractivity contribution is -0.156. The molecule has 2 fully saturated rings. The number of aliphatic hydroxyl groups excluding tert-OH is 2. The molecule has 2 aliphatic heterocycles. The van der Waals surface area contributed by atoms with Crippen LogP contribution in [0.5, 0.6) is 0 Å². The molecule has 0 amide bonds. The molecule has 2 N–H and O–H groups in total. The number of hydrogen-bond acceptors (Lipinski definition) is 8. The summed E-state index contributed by atoms with van der Waals surface area (Å²) in [5.74, 6) is -1.68. The molecule has 4 rings (SSSR count). The number of epoxide rings is 1. The first kappa shape index (κ1) is 28.9. The fourth-order valence-electron chi connectivity index (χ4n) is 5.70. The molecule has 208 valence electrons. The van der Waals surface area contributed by atoms with Gasteiger partial charge in [0.25, 0.3) is 0 Å². The third-order valence-electron chi connectivity index (χ3n) is 8.54. The molecule has 1 aromatic carbocycles. The number of ether oxygens (including phenoxy) is 2. The van der Waals surface area contributed by atoms with E-state index < -0.39 is 35.6 Å². The number of fused-ring (bicyclic) bond motifs is 2. The van der Waals surface area contributed by atoms with Crippen LogP contribution in [0.4, 0.5) is 0 Å². The van der Waals surface area contributed by atoms with Crippen molar-refractivity contribution in [1.29, 1.82) is 0 Å². The molecule has 2 aliphatic rings. The lowest BCUT2D eigenvalue weighted by Crippen LogP contribution is -2.46. The molecule has 0 saturated carbocycles. The first-order valence-electron chi connectivity index (χ1n) is 13.6. The highest BCUT2D eigenvalue weighted by Crippen LogP contribution is 2.47. The zero-order chi connectivity index (χ0) is 27.8. The summed E-state index contributed by atoms with van der Waals surface area (Å²) in [4.78, 5) is 31.3. The Balaban J connectivity index is 1.63. The fraction of sp³-hybridized carbons (Fsp3) is 0.633. The van der Waals surface area contributed by atoms with E-state index in [2.05, 4.69) is 18.5 Å². The van der Waals surface area contributed by atoms with Gasteiger partial charge in [-0.15, -0.1) is 17.9 Å². The van der Waals surface area contributed by atoms with Crippen LogP contribution in [0.25, 0.3) is 10.2 Å². The minimum Gasteiger partial charge on any atom is -0.457 e. The number of benzene rings is 1. The summed E-state index contributed by atoms with van der Waals surface area (Å²) >= 11 is 1.61. The Kier molecular flexibility index (Phi) is 8.48. The quantitative estimate of drug-likeness (QED) is 0.301. The average molecular weight is 544 g/mol. The van der Waals surface area contributed by atoms with Gasteiger partial charge in [-0.3, -0.25) is 9.59 Å². The molecular formula is C30H41NO6S. The Hall–Kier alpha value is -2.13. The van der Waals surface area contributed by atoms with Crippen molar-refractivity contribution < 1.29 is 29.3 Å². The molecule has 7 atom stereocenters. The molecule has 0 aliphatic carbocycles. The van der Waals surface area contributed by atoms with Crippen LogP contribution in [0.15, 0.2) is 30.9 Å². The number of esters is 1. The van der Waals surface area contributed by atoms with Gasteiger partial charge < -0.3 is 19.7 Å². The first-order chi connectivity index (χ1) is 17.9. The summed E-state index contributed by atoms with van der Waals surface area (Å²) in [6.45, 7) is 13.0. The second-order valence-electron chi connectivity index (χ2n) is 11.9. The number of thiazole rings is 1. The zero-order valence-corrected chi connectivity index (χ0v) is 23.9. The fourth-order valence-corrected chi connectivity index (χ4v) is 6.51. The number of hydrogen-bond donors (Lipinski definition) is 2. The van der Waals surface area contributed by atoms with E-state index in [0.717, 1.165) is 40.1 Å². The number of allylic oxidation sites excluding steroid dienone is 1. The second-order valence-corrected chi connectivity index (χ2v) is 13.1. The number of cyclic esters (lactones) is 1. The van der Waals surface area contributed by atoms with Crippen molar-refractivity contribution in [2.75, 3.05) is 0 Å². The van der Waals surface area contributed by atoms with E-state index in [0.29, 0.717) is 12.8 Å². The van der Waals surface area contributed by atoms with Crippen molar-refractivity contribution >= 4 is 33.3 Å². The third kappa shape index (κ3) is 6.03. The van der Waals surface area contributed by atoms with Gasteiger partial charge in [-0.2, -0.15) is 0 Å². The monoisotopic (exact) mass is 543 g/mol. The van der Waals surface area contributed by atoms with Crippen LogP contribution in [0.2, 0.25) is 0 Å². The van der Waals surface area contributed by atoms with Crippen LogP contribution in [0.3, 0.4) is 0 Å². The second kappa shape index (κ2) is 11.2. The van der Waals surface area contributed by atoms with Gasteiger partial charge >= 0.3 is 5.97 Å². The van der Waals surface area contributed by atoms with E-state index in [9.17, 15) is 19.8 Å². The zero-order valence-electron chi connectivity index (χ0n) is 23.1. The number of ketones is 1. The maximum absolute atomic E-state index is 13.6. The molecule has 0 unspecified atom stereocenters. The van der Waals surface area contributed by atoms with Gasteiger partial charge in [0, 0.05) is 12.3 Å². The van der Waals surface area contributed by atoms with E-state index in [1.54, 1.807) is 31.3 Å². The Morgan fingerprint density at radius 2 is 1.97 bits per heavy atom. The van der Waals surface area contributed by atoms with Gasteiger partial charge in [-0.05, 0) is 56.7 Å². The molecule has 7 nitrogen and oxygen atoms in total. The number of aromatic nitrogens is 1. The minimum absolute atomic E-state index is 0.0715. The van der Waals surface area contributed by atoms with Crippen LogP contribution in [0.1, 0.15) is 82.9 Å². The van der Waals surface area contributed by atoms with E-state index in [4.69, 9.17) is 9.47 Å². The van der Waals surface area contributed by atoms with Crippen LogP contribution in [-0.4, -0.2) is 50.9 Å². The van der Waals surface area contributed by atoms with Crippen molar-refractivity contribution in [3.63, 3.8) is 0 Å². The van der Waals surface area contributed by atoms with Gasteiger partial charge in [-0.25, -0.2) is 4.98 Å². The molecule has 2 saturated heterocycles. The first-order valence-corrected chi connectivity index (χ1v) is 14.4. The van der Waals surface area contributed by atoms with Crippen molar-refractivity contribution in [1.82, 2.24) is 4.98 Å². The topological polar surface area (TPSA) is 109 Å². The number of carbonyl (C=O) groups is 2. The highest BCUT2D eigenvalue weighted by atomic mass is 32.1. The molecule has 0 spiro atoms. The average Bonchev–Trinajstić information content (AvgIpc) is 3.32. The van der Waals surface area contributed by atoms with Gasteiger partial charge in [0.2, 0.25) is 0 Å². The van der Waals surface area contributed by atoms with E-state index in [1.807, 2.05) is 32.0 Å². The van der Waals surface area contributed by atoms with Crippen LogP contribution in [-0.2, 0) is 19.1 Å². The normalized spacial score (nSPS) is 34.9. The van der Waals surface area contributed by atoms with Crippen molar-refractivity contribution in [3.8, 4) is 0 Å². The molecule has 1 aromatic heterocycles. The molecule has 0 bridgehead atoms. The predicted molar refractivity (Wildman–Crippen MR) is 148 cm³/mol. The standard InChI is InChI=1S/C30H41NO6S/c1-7-9-20-27(34)17(2)10-8-13-30(6)25(37-30)15-22(19-11-12-23-21(14-19)31-18(3)38-23)36-26(33)16-24(32)29(4,5)28(20)35/h7,11-12,14,17,20,22,24-25,27,32,34H,1,8-10,13,15-16H2,2-6H3/t17-,20+,22-,24-,25-,27-,30-/m0/s1. The summed E-state index contributed by atoms with van der Waals surface area (Å²) in [7, 11) is 0. The van der Waals surface area contributed by atoms with Crippen molar-refractivity contribution in [2.45, 2.75) is 103 Å². The van der Waals surface area contributed by atoms with Crippen LogP contribution < -0.4 is 0 Å². The summed E-state index contributed by atoms with van der Waals surface area (Å²) < 4.78 is 13.2. The summed E-state index contributed by atoms with van der Waals surface area (Å²) in [5, 5.41) is 23.2. The molecule has 8 heteroatoms. The van der Waals surface area contributed by atoms with E-state index >= 15 is 0 Å². The van der Waals surface area contributed by atoms with Gasteiger partial charge in [-0.1, -0.05) is 39.3 Å². The summed E-state index contributed by atoms with van der Waals surface area (Å²) in [6.07, 6.45) is 1.71. The van der Waals surface area contributed by atoms with Crippen molar-refractivity contribution in [2.24, 2.45) is 17.3 Å². The number of aryl methyl sites for hydroxylation is 1. The van der Waals surface area contributed by atoms with E-state index in [1.165, 1.54) is 0 Å². The molecule has 3 heterocycles. The molecule has 38 heavy (non-hydrogen) atoms.